The fraction of sp³-hybridized carbons (Fsp3) is 0.182. The lowest BCUT2D eigenvalue weighted by atomic mass is 10.3. The van der Waals surface area contributed by atoms with Gasteiger partial charge in [0.05, 0.1) is 5.69 Å². The van der Waals surface area contributed by atoms with E-state index in [1.165, 1.54) is 36.0 Å². The van der Waals surface area contributed by atoms with Crippen molar-refractivity contribution in [2.75, 3.05) is 18.2 Å². The highest BCUT2D eigenvalue weighted by atomic mass is 33.1. The molecule has 0 N–H and O–H groups in total. The molecular formula is C11H10FN3O2S2. The van der Waals surface area contributed by atoms with Crippen molar-refractivity contribution in [2.45, 2.75) is 0 Å². The molecule has 8 heteroatoms. The van der Waals surface area contributed by atoms with Crippen LogP contribution in [0.25, 0.3) is 0 Å². The molecule has 1 aromatic rings. The van der Waals surface area contributed by atoms with Gasteiger partial charge in [-0.25, -0.2) is 14.1 Å². The van der Waals surface area contributed by atoms with Crippen molar-refractivity contribution in [2.24, 2.45) is 4.40 Å². The lowest BCUT2D eigenvalue weighted by Gasteiger charge is -2.15. The third-order valence-electron chi connectivity index (χ3n) is 2.48. The summed E-state index contributed by atoms with van der Waals surface area (Å²) >= 11 is 0. The van der Waals surface area contributed by atoms with Gasteiger partial charge in [-0.3, -0.25) is 9.69 Å². The number of amidine groups is 1. The van der Waals surface area contributed by atoms with E-state index in [0.29, 0.717) is 0 Å². The number of anilines is 1. The Morgan fingerprint density at radius 3 is 2.58 bits per heavy atom. The van der Waals surface area contributed by atoms with Gasteiger partial charge in [-0.1, -0.05) is 22.9 Å². The Hall–Kier alpha value is -1.54. The monoisotopic (exact) mass is 299 g/mol. The summed E-state index contributed by atoms with van der Waals surface area (Å²) in [5, 5.41) is 0. The Balaban J connectivity index is 2.49. The summed E-state index contributed by atoms with van der Waals surface area (Å²) in [7, 11) is 3.72. The minimum Gasteiger partial charge on any atom is -0.265 e. The summed E-state index contributed by atoms with van der Waals surface area (Å²) in [5.41, 5.74) is 0.0191. The SMILES string of the molecule is CSS/N=C1\C(=O)N(C)C(=O)N1c1ccccc1F. The lowest BCUT2D eigenvalue weighted by molar-refractivity contribution is -0.119. The van der Waals surface area contributed by atoms with Crippen LogP contribution in [0.15, 0.2) is 28.7 Å². The number of carbonyl (C=O) groups excluding carboxylic acids is 2. The molecule has 0 aliphatic carbocycles. The Labute approximate surface area is 117 Å². The van der Waals surface area contributed by atoms with Gasteiger partial charge in [0, 0.05) is 18.0 Å². The maximum atomic E-state index is 13.8. The zero-order valence-corrected chi connectivity index (χ0v) is 11.8. The van der Waals surface area contributed by atoms with Crippen molar-refractivity contribution in [1.29, 1.82) is 0 Å². The topological polar surface area (TPSA) is 53.0 Å². The average Bonchev–Trinajstić information content (AvgIpc) is 2.62. The molecule has 0 saturated carbocycles. The molecule has 2 rings (SSSR count). The lowest BCUT2D eigenvalue weighted by Crippen LogP contribution is -2.32. The molecule has 0 bridgehead atoms. The van der Waals surface area contributed by atoms with Gasteiger partial charge in [0.15, 0.2) is 0 Å². The molecule has 5 nitrogen and oxygen atoms in total. The maximum Gasteiger partial charge on any atom is 0.337 e. The zero-order chi connectivity index (χ0) is 14.0. The number of likely N-dealkylation sites (N-methyl/N-ethyl adjacent to an activating group) is 1. The normalized spacial score (nSPS) is 17.7. The Morgan fingerprint density at radius 2 is 1.95 bits per heavy atom. The molecule has 1 fully saturated rings. The van der Waals surface area contributed by atoms with Gasteiger partial charge in [0.1, 0.15) is 5.82 Å². The molecular weight excluding hydrogens is 289 g/mol. The number of halogens is 1. The van der Waals surface area contributed by atoms with Gasteiger partial charge in [0.2, 0.25) is 5.84 Å². The van der Waals surface area contributed by atoms with Crippen LogP contribution >= 0.6 is 21.8 Å². The minimum atomic E-state index is -0.615. The highest BCUT2D eigenvalue weighted by Crippen LogP contribution is 2.27. The fourth-order valence-corrected chi connectivity index (χ4v) is 2.32. The average molecular weight is 299 g/mol. The number of rotatable bonds is 3. The number of hydrogen-bond donors (Lipinski definition) is 0. The minimum absolute atomic E-state index is 0.0191. The Morgan fingerprint density at radius 1 is 1.26 bits per heavy atom. The summed E-state index contributed by atoms with van der Waals surface area (Å²) in [6.45, 7) is 0. The van der Waals surface area contributed by atoms with E-state index in [2.05, 4.69) is 4.40 Å². The van der Waals surface area contributed by atoms with Crippen molar-refractivity contribution in [3.63, 3.8) is 0 Å². The van der Waals surface area contributed by atoms with Crippen LogP contribution in [0.1, 0.15) is 0 Å². The summed E-state index contributed by atoms with van der Waals surface area (Å²) < 4.78 is 17.7. The van der Waals surface area contributed by atoms with Crippen LogP contribution < -0.4 is 4.90 Å². The third-order valence-corrected chi connectivity index (χ3v) is 3.54. The summed E-state index contributed by atoms with van der Waals surface area (Å²) in [5.74, 6) is -1.22. The fourth-order valence-electron chi connectivity index (χ4n) is 1.58. The van der Waals surface area contributed by atoms with E-state index in [-0.39, 0.29) is 11.5 Å². The first-order valence-corrected chi connectivity index (χ1v) is 7.74. The summed E-state index contributed by atoms with van der Waals surface area (Å²) in [6, 6.07) is 5.14. The highest BCUT2D eigenvalue weighted by molar-refractivity contribution is 8.76. The van der Waals surface area contributed by atoms with E-state index in [9.17, 15) is 14.0 Å². The van der Waals surface area contributed by atoms with Crippen molar-refractivity contribution in [3.8, 4) is 0 Å². The number of carbonyl (C=O) groups is 2. The van der Waals surface area contributed by atoms with Gasteiger partial charge >= 0.3 is 6.03 Å². The smallest absolute Gasteiger partial charge is 0.265 e. The van der Waals surface area contributed by atoms with E-state index in [1.807, 2.05) is 0 Å². The van der Waals surface area contributed by atoms with E-state index in [4.69, 9.17) is 0 Å². The standard InChI is InChI=1S/C11H10FN3O2S2/c1-14-10(16)9(13-19-18-2)15(11(14)17)8-6-4-3-5-7(8)12/h3-6H,1-2H3/b13-9+. The first-order valence-electron chi connectivity index (χ1n) is 5.22. The zero-order valence-electron chi connectivity index (χ0n) is 10.2. The number of para-hydroxylation sites is 1. The van der Waals surface area contributed by atoms with Crippen LogP contribution in [0.4, 0.5) is 14.9 Å². The van der Waals surface area contributed by atoms with Crippen LogP contribution in [0.5, 0.6) is 0 Å². The number of nitrogens with zero attached hydrogens (tertiary/aromatic N) is 3. The largest absolute Gasteiger partial charge is 0.337 e. The molecule has 100 valence electrons. The second-order valence-electron chi connectivity index (χ2n) is 3.59. The Bertz CT molecular complexity index is 565. The van der Waals surface area contributed by atoms with Gasteiger partial charge < -0.3 is 0 Å². The number of urea groups is 1. The highest BCUT2D eigenvalue weighted by Gasteiger charge is 2.42. The molecule has 1 aliphatic rings. The van der Waals surface area contributed by atoms with Crippen LogP contribution in [-0.4, -0.2) is 36.0 Å². The van der Waals surface area contributed by atoms with E-state index >= 15 is 0 Å². The molecule has 0 unspecified atom stereocenters. The van der Waals surface area contributed by atoms with E-state index in [0.717, 1.165) is 20.8 Å². The maximum absolute atomic E-state index is 13.8. The molecule has 1 saturated heterocycles. The first-order chi connectivity index (χ1) is 9.07. The third kappa shape index (κ3) is 2.45. The van der Waals surface area contributed by atoms with Gasteiger partial charge in [-0.05, 0) is 18.4 Å². The van der Waals surface area contributed by atoms with Crippen molar-refractivity contribution < 1.29 is 14.0 Å². The van der Waals surface area contributed by atoms with Crippen LogP contribution in [0.3, 0.4) is 0 Å². The molecule has 0 radical (unpaired) electrons. The van der Waals surface area contributed by atoms with Crippen LogP contribution in [-0.2, 0) is 4.79 Å². The summed E-state index contributed by atoms with van der Waals surface area (Å²) in [6.07, 6.45) is 1.78. The predicted molar refractivity (Wildman–Crippen MR) is 75.6 cm³/mol. The van der Waals surface area contributed by atoms with Crippen LogP contribution in [0.2, 0.25) is 0 Å². The second-order valence-corrected chi connectivity index (χ2v) is 5.70. The first kappa shape index (κ1) is 13.9. The molecule has 3 amide bonds. The van der Waals surface area contributed by atoms with E-state index < -0.39 is 17.8 Å². The number of hydrogen-bond acceptors (Lipinski definition) is 5. The molecule has 0 atom stereocenters. The van der Waals surface area contributed by atoms with Gasteiger partial charge in [-0.2, -0.15) is 4.40 Å². The molecule has 0 spiro atoms. The van der Waals surface area contributed by atoms with E-state index in [1.54, 1.807) is 12.3 Å². The molecule has 19 heavy (non-hydrogen) atoms. The van der Waals surface area contributed by atoms with Gasteiger partial charge in [-0.15, -0.1) is 0 Å². The van der Waals surface area contributed by atoms with Crippen molar-refractivity contribution >= 4 is 45.2 Å². The van der Waals surface area contributed by atoms with Crippen molar-refractivity contribution in [3.05, 3.63) is 30.1 Å². The number of benzene rings is 1. The number of imide groups is 1. The molecule has 1 aromatic carbocycles. The van der Waals surface area contributed by atoms with Crippen molar-refractivity contribution in [1.82, 2.24) is 4.90 Å². The number of amides is 3. The molecule has 0 aromatic heterocycles. The van der Waals surface area contributed by atoms with Crippen LogP contribution in [0, 0.1) is 5.82 Å². The quantitative estimate of drug-likeness (QED) is 0.489. The Kier molecular flexibility index (Phi) is 4.11. The second kappa shape index (κ2) is 5.62. The molecule has 1 heterocycles. The predicted octanol–water partition coefficient (Wildman–Crippen LogP) is 2.55. The summed E-state index contributed by atoms with van der Waals surface area (Å²) in [4.78, 5) is 25.8. The molecule has 1 aliphatic heterocycles. The van der Waals surface area contributed by atoms with Gasteiger partial charge in [0.25, 0.3) is 5.91 Å².